The van der Waals surface area contributed by atoms with Crippen molar-refractivity contribution in [3.05, 3.63) is 104 Å². The van der Waals surface area contributed by atoms with Gasteiger partial charge in [-0.2, -0.15) is 0 Å². The fraction of sp³-hybridized carbons (Fsp3) is 0.120. The molecule has 0 spiro atoms. The van der Waals surface area contributed by atoms with Gasteiger partial charge >= 0.3 is 0 Å². The van der Waals surface area contributed by atoms with Crippen molar-refractivity contribution in [3.8, 4) is 10.4 Å². The van der Waals surface area contributed by atoms with E-state index in [2.05, 4.69) is 18.2 Å². The maximum Gasteiger partial charge on any atom is 0.261 e. The lowest BCUT2D eigenvalue weighted by atomic mass is 10.1. The Morgan fingerprint density at radius 3 is 2.55 bits per heavy atom. The van der Waals surface area contributed by atoms with Crippen LogP contribution in [0.2, 0.25) is 0 Å². The number of aryl methyl sites for hydroxylation is 2. The highest BCUT2D eigenvalue weighted by Crippen LogP contribution is 2.35. The molecule has 2 heterocycles. The average Bonchev–Trinajstić information content (AvgIpc) is 3.10. The zero-order chi connectivity index (χ0) is 21.7. The molecule has 0 bridgehead atoms. The summed E-state index contributed by atoms with van der Waals surface area (Å²) in [6.45, 7) is 4.45. The summed E-state index contributed by atoms with van der Waals surface area (Å²) in [5.74, 6) is -0.333. The summed E-state index contributed by atoms with van der Waals surface area (Å²) < 4.78 is 19.0. The number of benzene rings is 3. The van der Waals surface area contributed by atoms with Gasteiger partial charge in [0.15, 0.2) is 3.95 Å². The van der Waals surface area contributed by atoms with Crippen LogP contribution in [0.25, 0.3) is 27.0 Å². The number of hydrogen-bond acceptors (Lipinski definition) is 3. The summed E-state index contributed by atoms with van der Waals surface area (Å²) in [6.07, 6.45) is 0. The highest BCUT2D eigenvalue weighted by atomic mass is 32.1. The zero-order valence-electron chi connectivity index (χ0n) is 17.1. The van der Waals surface area contributed by atoms with Crippen molar-refractivity contribution < 1.29 is 4.39 Å². The smallest absolute Gasteiger partial charge is 0.261 e. The van der Waals surface area contributed by atoms with Crippen LogP contribution in [0.5, 0.6) is 0 Å². The van der Waals surface area contributed by atoms with Crippen molar-refractivity contribution in [3.63, 3.8) is 0 Å². The van der Waals surface area contributed by atoms with Crippen LogP contribution >= 0.6 is 23.6 Å². The van der Waals surface area contributed by atoms with Gasteiger partial charge in [-0.25, -0.2) is 4.39 Å². The molecule has 3 aromatic carbocycles. The summed E-state index contributed by atoms with van der Waals surface area (Å²) >= 11 is 7.03. The topological polar surface area (TPSA) is 26.4 Å². The third-order valence-corrected chi connectivity index (χ3v) is 7.01. The van der Waals surface area contributed by atoms with Crippen molar-refractivity contribution in [2.24, 2.45) is 0 Å². The molecule has 0 atom stereocenters. The van der Waals surface area contributed by atoms with Crippen LogP contribution in [-0.2, 0) is 6.54 Å². The van der Waals surface area contributed by atoms with Crippen molar-refractivity contribution >= 4 is 40.1 Å². The van der Waals surface area contributed by atoms with E-state index in [4.69, 9.17) is 12.2 Å². The highest BCUT2D eigenvalue weighted by molar-refractivity contribution is 7.73. The molecule has 0 fully saturated rings. The fourth-order valence-electron chi connectivity index (χ4n) is 4.02. The van der Waals surface area contributed by atoms with Gasteiger partial charge < -0.3 is 0 Å². The first-order valence-electron chi connectivity index (χ1n) is 9.94. The summed E-state index contributed by atoms with van der Waals surface area (Å²) in [4.78, 5) is 14.3. The molecule has 5 rings (SSSR count). The van der Waals surface area contributed by atoms with Gasteiger partial charge in [0, 0.05) is 5.56 Å². The van der Waals surface area contributed by atoms with Crippen LogP contribution in [0.3, 0.4) is 0 Å². The van der Waals surface area contributed by atoms with Crippen LogP contribution < -0.4 is 5.56 Å². The molecule has 3 nitrogen and oxygen atoms in total. The Kier molecular flexibility index (Phi) is 4.84. The molecule has 0 unspecified atom stereocenters. The Morgan fingerprint density at radius 1 is 1.00 bits per heavy atom. The van der Waals surface area contributed by atoms with Crippen molar-refractivity contribution in [1.29, 1.82) is 0 Å². The van der Waals surface area contributed by atoms with E-state index < -0.39 is 0 Å². The monoisotopic (exact) mass is 446 g/mol. The summed E-state index contributed by atoms with van der Waals surface area (Å²) in [5.41, 5.74) is 4.99. The molecule has 0 radical (unpaired) electrons. The van der Waals surface area contributed by atoms with E-state index in [-0.39, 0.29) is 11.4 Å². The molecule has 5 aromatic rings. The van der Waals surface area contributed by atoms with E-state index in [1.165, 1.54) is 17.4 Å². The number of rotatable bonds is 3. The second kappa shape index (κ2) is 7.55. The largest absolute Gasteiger partial charge is 0.288 e. The van der Waals surface area contributed by atoms with Gasteiger partial charge in [-0.1, -0.05) is 54.1 Å². The zero-order valence-corrected chi connectivity index (χ0v) is 18.7. The molecule has 31 heavy (non-hydrogen) atoms. The van der Waals surface area contributed by atoms with Crippen molar-refractivity contribution in [2.75, 3.05) is 0 Å². The minimum absolute atomic E-state index is 0.109. The molecule has 2 aromatic heterocycles. The first-order chi connectivity index (χ1) is 15.0. The van der Waals surface area contributed by atoms with Crippen LogP contribution in [0.15, 0.2) is 71.5 Å². The van der Waals surface area contributed by atoms with E-state index in [0.717, 1.165) is 22.2 Å². The maximum absolute atomic E-state index is 14.8. The SMILES string of the molecule is Cc1ccc(C)c(Cn2c(=O)c3ccccc3n3c(=S)sc(-c4ccccc4F)c23)c1. The molecule has 0 amide bonds. The average molecular weight is 447 g/mol. The number of para-hydroxylation sites is 1. The van der Waals surface area contributed by atoms with Crippen LogP contribution in [0, 0.1) is 23.6 Å². The second-order valence-corrected chi connectivity index (χ2v) is 9.32. The van der Waals surface area contributed by atoms with Crippen molar-refractivity contribution in [2.45, 2.75) is 20.4 Å². The molecular weight excluding hydrogens is 427 g/mol. The number of fused-ring (bicyclic) bond motifs is 3. The number of aromatic nitrogens is 2. The first kappa shape index (κ1) is 19.8. The molecule has 154 valence electrons. The van der Waals surface area contributed by atoms with E-state index >= 15 is 0 Å². The molecule has 6 heteroatoms. The lowest BCUT2D eigenvalue weighted by molar-refractivity contribution is 0.631. The van der Waals surface area contributed by atoms with Gasteiger partial charge in [-0.15, -0.1) is 11.3 Å². The Bertz CT molecular complexity index is 1590. The molecule has 0 aliphatic heterocycles. The van der Waals surface area contributed by atoms with Crippen LogP contribution in [-0.4, -0.2) is 8.97 Å². The van der Waals surface area contributed by atoms with Gasteiger partial charge in [-0.05, 0) is 55.4 Å². The molecule has 0 aliphatic rings. The Balaban J connectivity index is 1.94. The fourth-order valence-corrected chi connectivity index (χ4v) is 5.48. The van der Waals surface area contributed by atoms with Gasteiger partial charge in [0.1, 0.15) is 11.5 Å². The predicted molar refractivity (Wildman–Crippen MR) is 128 cm³/mol. The Hall–Kier alpha value is -3.09. The Labute approximate surface area is 187 Å². The predicted octanol–water partition coefficient (Wildman–Crippen LogP) is 6.52. The minimum Gasteiger partial charge on any atom is -0.288 e. The number of nitrogens with zero attached hydrogens (tertiary/aromatic N) is 2. The lowest BCUT2D eigenvalue weighted by Crippen LogP contribution is -2.24. The highest BCUT2D eigenvalue weighted by Gasteiger charge is 2.20. The third-order valence-electron chi connectivity index (χ3n) is 5.61. The van der Waals surface area contributed by atoms with E-state index in [1.807, 2.05) is 42.5 Å². The van der Waals surface area contributed by atoms with Gasteiger partial charge in [-0.3, -0.25) is 13.8 Å². The summed E-state index contributed by atoms with van der Waals surface area (Å²) in [6, 6.07) is 20.3. The summed E-state index contributed by atoms with van der Waals surface area (Å²) in [5, 5.41) is 0.592. The standard InChI is InChI=1S/C25H19FN2OS2/c1-15-11-12-16(2)17(13-15)14-27-23-22(18-7-3-5-9-20(18)26)31-25(30)28(23)21-10-6-4-8-19(21)24(27)29/h3-13H,14H2,1-2H3. The van der Waals surface area contributed by atoms with Crippen molar-refractivity contribution in [1.82, 2.24) is 8.97 Å². The van der Waals surface area contributed by atoms with Gasteiger partial charge in [0.25, 0.3) is 5.56 Å². The first-order valence-corrected chi connectivity index (χ1v) is 11.2. The molecule has 0 aliphatic carbocycles. The molecule has 0 N–H and O–H groups in total. The number of thiazole rings is 1. The van der Waals surface area contributed by atoms with E-state index in [0.29, 0.717) is 32.0 Å². The second-order valence-electron chi connectivity index (χ2n) is 7.67. The van der Waals surface area contributed by atoms with E-state index in [9.17, 15) is 9.18 Å². The number of halogens is 1. The van der Waals surface area contributed by atoms with Gasteiger partial charge in [0.2, 0.25) is 0 Å². The number of hydrogen-bond donors (Lipinski definition) is 0. The molecule has 0 saturated carbocycles. The molecular formula is C25H19FN2OS2. The van der Waals surface area contributed by atoms with E-state index in [1.54, 1.807) is 22.8 Å². The Morgan fingerprint density at radius 2 is 1.74 bits per heavy atom. The van der Waals surface area contributed by atoms with Gasteiger partial charge in [0.05, 0.1) is 22.3 Å². The lowest BCUT2D eigenvalue weighted by Gasteiger charge is -2.15. The molecule has 0 saturated heterocycles. The summed E-state index contributed by atoms with van der Waals surface area (Å²) in [7, 11) is 0. The van der Waals surface area contributed by atoms with Crippen LogP contribution in [0.4, 0.5) is 4.39 Å². The quantitative estimate of drug-likeness (QED) is 0.295. The van der Waals surface area contributed by atoms with Crippen LogP contribution in [0.1, 0.15) is 16.7 Å². The third kappa shape index (κ3) is 3.23. The maximum atomic E-state index is 14.8. The normalized spacial score (nSPS) is 11.5. The minimum atomic E-state index is -0.333.